The topological polar surface area (TPSA) is 49.5 Å². The monoisotopic (exact) mass is 262 g/mol. The van der Waals surface area contributed by atoms with Gasteiger partial charge in [0, 0.05) is 13.1 Å². The van der Waals surface area contributed by atoms with Gasteiger partial charge in [0.25, 0.3) is 0 Å². The Morgan fingerprint density at radius 3 is 2.44 bits per heavy atom. The SMILES string of the molecule is C=CCN(CC=C)C(C(N)=S)c1cccc(O)c1. The molecule has 4 heteroatoms. The third kappa shape index (κ3) is 3.68. The Balaban J connectivity index is 3.10. The van der Waals surface area contributed by atoms with Gasteiger partial charge < -0.3 is 10.8 Å². The van der Waals surface area contributed by atoms with Gasteiger partial charge in [0.05, 0.1) is 11.0 Å². The van der Waals surface area contributed by atoms with E-state index in [2.05, 4.69) is 13.2 Å². The molecule has 0 radical (unpaired) electrons. The van der Waals surface area contributed by atoms with Crippen molar-refractivity contribution in [3.8, 4) is 5.75 Å². The highest BCUT2D eigenvalue weighted by Gasteiger charge is 2.21. The number of nitrogens with two attached hydrogens (primary N) is 1. The molecule has 18 heavy (non-hydrogen) atoms. The first-order chi connectivity index (χ1) is 8.60. The Labute approximate surface area is 113 Å². The Hall–Kier alpha value is -1.65. The fourth-order valence-electron chi connectivity index (χ4n) is 1.87. The lowest BCUT2D eigenvalue weighted by Crippen LogP contribution is -2.37. The van der Waals surface area contributed by atoms with Gasteiger partial charge in [0.1, 0.15) is 5.75 Å². The van der Waals surface area contributed by atoms with Crippen LogP contribution in [0.25, 0.3) is 0 Å². The van der Waals surface area contributed by atoms with Gasteiger partial charge in [-0.25, -0.2) is 0 Å². The normalized spacial score (nSPS) is 12.1. The van der Waals surface area contributed by atoms with Crippen molar-refractivity contribution in [3.63, 3.8) is 0 Å². The van der Waals surface area contributed by atoms with Crippen LogP contribution in [0.4, 0.5) is 0 Å². The van der Waals surface area contributed by atoms with Gasteiger partial charge in [-0.2, -0.15) is 0 Å². The van der Waals surface area contributed by atoms with Crippen LogP contribution in [0.15, 0.2) is 49.6 Å². The number of benzene rings is 1. The number of hydrogen-bond donors (Lipinski definition) is 2. The first kappa shape index (κ1) is 14.4. The highest BCUT2D eigenvalue weighted by molar-refractivity contribution is 7.80. The summed E-state index contributed by atoms with van der Waals surface area (Å²) < 4.78 is 0. The highest BCUT2D eigenvalue weighted by Crippen LogP contribution is 2.24. The molecule has 0 fully saturated rings. The zero-order valence-corrected chi connectivity index (χ0v) is 11.1. The molecule has 0 aliphatic heterocycles. The summed E-state index contributed by atoms with van der Waals surface area (Å²) in [5.74, 6) is 0.200. The summed E-state index contributed by atoms with van der Waals surface area (Å²) in [7, 11) is 0. The second-order valence-corrected chi connectivity index (χ2v) is 4.40. The lowest BCUT2D eigenvalue weighted by molar-refractivity contribution is 0.301. The summed E-state index contributed by atoms with van der Waals surface area (Å²) in [5, 5.41) is 9.54. The van der Waals surface area contributed by atoms with Gasteiger partial charge in [0.2, 0.25) is 0 Å². The number of hydrogen-bond acceptors (Lipinski definition) is 3. The fraction of sp³-hybridized carbons (Fsp3) is 0.214. The van der Waals surface area contributed by atoms with E-state index in [9.17, 15) is 5.11 Å². The zero-order chi connectivity index (χ0) is 13.5. The molecule has 0 aliphatic carbocycles. The number of aromatic hydroxyl groups is 1. The molecule has 96 valence electrons. The quantitative estimate of drug-likeness (QED) is 0.585. The number of phenols is 1. The van der Waals surface area contributed by atoms with Crippen LogP contribution in [0.2, 0.25) is 0 Å². The van der Waals surface area contributed by atoms with E-state index >= 15 is 0 Å². The van der Waals surface area contributed by atoms with E-state index in [1.807, 2.05) is 11.0 Å². The molecule has 0 heterocycles. The minimum atomic E-state index is -0.233. The average Bonchev–Trinajstić information content (AvgIpc) is 2.29. The average molecular weight is 262 g/mol. The predicted molar refractivity (Wildman–Crippen MR) is 79.6 cm³/mol. The summed E-state index contributed by atoms with van der Waals surface area (Å²) in [4.78, 5) is 2.40. The minimum absolute atomic E-state index is 0.200. The molecular weight excluding hydrogens is 244 g/mol. The van der Waals surface area contributed by atoms with Crippen LogP contribution in [0.5, 0.6) is 5.75 Å². The van der Waals surface area contributed by atoms with Crippen LogP contribution >= 0.6 is 12.2 Å². The smallest absolute Gasteiger partial charge is 0.115 e. The fourth-order valence-corrected chi connectivity index (χ4v) is 2.15. The van der Waals surface area contributed by atoms with Crippen molar-refractivity contribution >= 4 is 17.2 Å². The third-order valence-corrected chi connectivity index (χ3v) is 2.77. The molecule has 0 aliphatic rings. The summed E-state index contributed by atoms with van der Waals surface area (Å²) in [6, 6.07) is 6.72. The molecule has 0 aromatic heterocycles. The van der Waals surface area contributed by atoms with E-state index in [-0.39, 0.29) is 11.8 Å². The van der Waals surface area contributed by atoms with Gasteiger partial charge in [-0.15, -0.1) is 13.2 Å². The molecule has 3 nitrogen and oxygen atoms in total. The molecule has 1 aromatic rings. The number of thiocarbonyl (C=S) groups is 1. The van der Waals surface area contributed by atoms with Crippen molar-refractivity contribution in [2.75, 3.05) is 13.1 Å². The van der Waals surface area contributed by atoms with Crippen molar-refractivity contribution in [3.05, 3.63) is 55.1 Å². The van der Waals surface area contributed by atoms with Crippen molar-refractivity contribution in [2.24, 2.45) is 5.73 Å². The minimum Gasteiger partial charge on any atom is -0.508 e. The summed E-state index contributed by atoms with van der Waals surface area (Å²) in [5.41, 5.74) is 6.69. The van der Waals surface area contributed by atoms with Gasteiger partial charge in [0.15, 0.2) is 0 Å². The standard InChI is InChI=1S/C14H18N2OS/c1-3-8-16(9-4-2)13(14(15)18)11-6-5-7-12(17)10-11/h3-7,10,13,17H,1-2,8-9H2,(H2,15,18). The maximum Gasteiger partial charge on any atom is 0.115 e. The number of phenolic OH excluding ortho intramolecular Hbond substituents is 1. The van der Waals surface area contributed by atoms with E-state index < -0.39 is 0 Å². The molecule has 1 aromatic carbocycles. The first-order valence-electron chi connectivity index (χ1n) is 5.64. The van der Waals surface area contributed by atoms with Crippen LogP contribution in [-0.2, 0) is 0 Å². The van der Waals surface area contributed by atoms with Crippen molar-refractivity contribution in [1.29, 1.82) is 0 Å². The number of rotatable bonds is 7. The summed E-state index contributed by atoms with van der Waals surface area (Å²) in [6.07, 6.45) is 3.58. The lowest BCUT2D eigenvalue weighted by atomic mass is 10.0. The van der Waals surface area contributed by atoms with Crippen LogP contribution in [0, 0.1) is 0 Å². The highest BCUT2D eigenvalue weighted by atomic mass is 32.1. The molecule has 0 bridgehead atoms. The van der Waals surface area contributed by atoms with Crippen molar-refractivity contribution in [2.45, 2.75) is 6.04 Å². The second-order valence-electron chi connectivity index (χ2n) is 3.93. The Bertz CT molecular complexity index is 435. The van der Waals surface area contributed by atoms with Gasteiger partial charge in [-0.05, 0) is 17.7 Å². The summed E-state index contributed by atoms with van der Waals surface area (Å²) >= 11 is 5.13. The van der Waals surface area contributed by atoms with Crippen LogP contribution < -0.4 is 5.73 Å². The maximum atomic E-state index is 9.54. The third-order valence-electron chi connectivity index (χ3n) is 2.55. The lowest BCUT2D eigenvalue weighted by Gasteiger charge is -2.29. The van der Waals surface area contributed by atoms with E-state index in [4.69, 9.17) is 18.0 Å². The van der Waals surface area contributed by atoms with Crippen LogP contribution in [0.3, 0.4) is 0 Å². The van der Waals surface area contributed by atoms with Crippen LogP contribution in [-0.4, -0.2) is 28.1 Å². The van der Waals surface area contributed by atoms with E-state index in [1.54, 1.807) is 30.4 Å². The largest absolute Gasteiger partial charge is 0.508 e. The maximum absolute atomic E-state index is 9.54. The molecule has 0 saturated heterocycles. The molecule has 1 rings (SSSR count). The van der Waals surface area contributed by atoms with E-state index in [0.29, 0.717) is 18.1 Å². The molecule has 0 saturated carbocycles. The zero-order valence-electron chi connectivity index (χ0n) is 10.2. The number of nitrogens with zero attached hydrogens (tertiary/aromatic N) is 1. The molecule has 1 atom stereocenters. The van der Waals surface area contributed by atoms with Crippen molar-refractivity contribution in [1.82, 2.24) is 4.90 Å². The van der Waals surface area contributed by atoms with Gasteiger partial charge in [-0.1, -0.05) is 36.5 Å². The second kappa shape index (κ2) is 6.93. The van der Waals surface area contributed by atoms with E-state index in [0.717, 1.165) is 5.56 Å². The molecular formula is C14H18N2OS. The van der Waals surface area contributed by atoms with Gasteiger partial charge in [-0.3, -0.25) is 4.90 Å². The molecule has 0 spiro atoms. The Morgan fingerprint density at radius 2 is 2.00 bits per heavy atom. The van der Waals surface area contributed by atoms with Crippen molar-refractivity contribution < 1.29 is 5.11 Å². The Morgan fingerprint density at radius 1 is 1.39 bits per heavy atom. The molecule has 0 amide bonds. The van der Waals surface area contributed by atoms with Crippen LogP contribution in [0.1, 0.15) is 11.6 Å². The first-order valence-corrected chi connectivity index (χ1v) is 6.05. The summed E-state index contributed by atoms with van der Waals surface area (Å²) in [6.45, 7) is 8.74. The molecule has 3 N–H and O–H groups in total. The molecule has 1 unspecified atom stereocenters. The van der Waals surface area contributed by atoms with Gasteiger partial charge >= 0.3 is 0 Å². The van der Waals surface area contributed by atoms with E-state index in [1.165, 1.54) is 0 Å². The Kier molecular flexibility index (Phi) is 5.55. The predicted octanol–water partition coefficient (Wildman–Crippen LogP) is 2.39.